The molecule has 1 aromatic rings. The van der Waals surface area contributed by atoms with Crippen molar-refractivity contribution in [2.24, 2.45) is 12.8 Å². The van der Waals surface area contributed by atoms with Crippen LogP contribution in [-0.4, -0.2) is 14.8 Å². The predicted octanol–water partition coefficient (Wildman–Crippen LogP) is 1.24. The zero-order chi connectivity index (χ0) is 10.2. The van der Waals surface area contributed by atoms with E-state index in [2.05, 4.69) is 10.1 Å². The van der Waals surface area contributed by atoms with Gasteiger partial charge >= 0.3 is 0 Å². The van der Waals surface area contributed by atoms with Gasteiger partial charge in [0.15, 0.2) is 0 Å². The SMILES string of the molecule is Cc1nc(C2(N)CCCCC2)n(C)n1. The van der Waals surface area contributed by atoms with Gasteiger partial charge in [-0.05, 0) is 19.8 Å². The molecule has 4 nitrogen and oxygen atoms in total. The van der Waals surface area contributed by atoms with Gasteiger partial charge in [0, 0.05) is 7.05 Å². The van der Waals surface area contributed by atoms with Crippen molar-refractivity contribution in [3.63, 3.8) is 0 Å². The summed E-state index contributed by atoms with van der Waals surface area (Å²) in [6.45, 7) is 1.91. The number of aryl methyl sites for hydroxylation is 2. The first-order valence-corrected chi connectivity index (χ1v) is 5.29. The molecule has 0 spiro atoms. The Kier molecular flexibility index (Phi) is 2.31. The van der Waals surface area contributed by atoms with Crippen molar-refractivity contribution in [1.29, 1.82) is 0 Å². The Labute approximate surface area is 84.5 Å². The van der Waals surface area contributed by atoms with Crippen molar-refractivity contribution in [2.45, 2.75) is 44.6 Å². The minimum absolute atomic E-state index is 0.228. The second-order valence-electron chi connectivity index (χ2n) is 4.32. The molecule has 14 heavy (non-hydrogen) atoms. The van der Waals surface area contributed by atoms with Crippen LogP contribution in [0.5, 0.6) is 0 Å². The van der Waals surface area contributed by atoms with E-state index in [1.807, 2.05) is 18.7 Å². The standard InChI is InChI=1S/C10H18N4/c1-8-12-9(14(2)13-8)10(11)6-4-3-5-7-10/h3-7,11H2,1-2H3. The highest BCUT2D eigenvalue weighted by atomic mass is 15.3. The summed E-state index contributed by atoms with van der Waals surface area (Å²) in [6.07, 6.45) is 5.80. The van der Waals surface area contributed by atoms with E-state index in [0.717, 1.165) is 24.5 Å². The van der Waals surface area contributed by atoms with Gasteiger partial charge in [-0.15, -0.1) is 0 Å². The Morgan fingerprint density at radius 3 is 2.43 bits per heavy atom. The number of nitrogens with zero attached hydrogens (tertiary/aromatic N) is 3. The number of nitrogens with two attached hydrogens (primary N) is 1. The zero-order valence-electron chi connectivity index (χ0n) is 8.95. The fourth-order valence-corrected chi connectivity index (χ4v) is 2.35. The van der Waals surface area contributed by atoms with Crippen molar-refractivity contribution >= 4 is 0 Å². The summed E-state index contributed by atoms with van der Waals surface area (Å²) >= 11 is 0. The van der Waals surface area contributed by atoms with Crippen LogP contribution in [0.4, 0.5) is 0 Å². The van der Waals surface area contributed by atoms with Gasteiger partial charge in [-0.1, -0.05) is 19.3 Å². The molecular formula is C10H18N4. The highest BCUT2D eigenvalue weighted by Gasteiger charge is 2.33. The third kappa shape index (κ3) is 1.54. The molecule has 2 N–H and O–H groups in total. The van der Waals surface area contributed by atoms with Crippen LogP contribution in [-0.2, 0) is 12.6 Å². The maximum atomic E-state index is 6.37. The molecule has 0 atom stereocenters. The van der Waals surface area contributed by atoms with E-state index in [1.54, 1.807) is 0 Å². The summed E-state index contributed by atoms with van der Waals surface area (Å²) < 4.78 is 1.83. The van der Waals surface area contributed by atoms with Crippen molar-refractivity contribution < 1.29 is 0 Å². The molecule has 0 amide bonds. The van der Waals surface area contributed by atoms with Crippen molar-refractivity contribution in [1.82, 2.24) is 14.8 Å². The molecule has 0 unspecified atom stereocenters. The van der Waals surface area contributed by atoms with Gasteiger partial charge < -0.3 is 5.73 Å². The number of aromatic nitrogens is 3. The van der Waals surface area contributed by atoms with Crippen LogP contribution in [0.1, 0.15) is 43.8 Å². The number of hydrogen-bond donors (Lipinski definition) is 1. The van der Waals surface area contributed by atoms with Crippen LogP contribution < -0.4 is 5.73 Å². The number of rotatable bonds is 1. The van der Waals surface area contributed by atoms with Crippen LogP contribution >= 0.6 is 0 Å². The average molecular weight is 194 g/mol. The summed E-state index contributed by atoms with van der Waals surface area (Å²) in [4.78, 5) is 4.43. The van der Waals surface area contributed by atoms with Crippen molar-refractivity contribution in [2.75, 3.05) is 0 Å². The second-order valence-corrected chi connectivity index (χ2v) is 4.32. The number of hydrogen-bond acceptors (Lipinski definition) is 3. The van der Waals surface area contributed by atoms with Gasteiger partial charge in [0.2, 0.25) is 0 Å². The Morgan fingerprint density at radius 2 is 1.93 bits per heavy atom. The molecule has 0 radical (unpaired) electrons. The summed E-state index contributed by atoms with van der Waals surface area (Å²) in [5.41, 5.74) is 6.14. The Morgan fingerprint density at radius 1 is 1.29 bits per heavy atom. The normalized spacial score (nSPS) is 21.1. The smallest absolute Gasteiger partial charge is 0.147 e. The van der Waals surface area contributed by atoms with Crippen LogP contribution in [0.25, 0.3) is 0 Å². The molecular weight excluding hydrogens is 176 g/mol. The van der Waals surface area contributed by atoms with Crippen LogP contribution in [0.15, 0.2) is 0 Å². The highest BCUT2D eigenvalue weighted by Crippen LogP contribution is 2.33. The van der Waals surface area contributed by atoms with Gasteiger partial charge in [-0.2, -0.15) is 5.10 Å². The van der Waals surface area contributed by atoms with E-state index in [4.69, 9.17) is 5.73 Å². The van der Waals surface area contributed by atoms with E-state index in [-0.39, 0.29) is 5.54 Å². The molecule has 0 aliphatic heterocycles. The lowest BCUT2D eigenvalue weighted by atomic mass is 9.82. The summed E-state index contributed by atoms with van der Waals surface area (Å²) in [5, 5.41) is 4.26. The van der Waals surface area contributed by atoms with Gasteiger partial charge in [0.05, 0.1) is 5.54 Å². The molecule has 1 heterocycles. The molecule has 1 saturated carbocycles. The van der Waals surface area contributed by atoms with E-state index in [9.17, 15) is 0 Å². The minimum atomic E-state index is -0.228. The molecule has 0 saturated heterocycles. The Balaban J connectivity index is 2.32. The molecule has 4 heteroatoms. The van der Waals surface area contributed by atoms with Gasteiger partial charge in [0.1, 0.15) is 11.6 Å². The Hall–Kier alpha value is -0.900. The lowest BCUT2D eigenvalue weighted by Crippen LogP contribution is -2.41. The second kappa shape index (κ2) is 3.35. The predicted molar refractivity (Wildman–Crippen MR) is 54.7 cm³/mol. The maximum Gasteiger partial charge on any atom is 0.147 e. The molecule has 1 aliphatic carbocycles. The molecule has 1 aromatic heterocycles. The molecule has 0 aromatic carbocycles. The third-order valence-corrected chi connectivity index (χ3v) is 3.06. The van der Waals surface area contributed by atoms with Crippen molar-refractivity contribution in [3.8, 4) is 0 Å². The molecule has 0 bridgehead atoms. The Bertz CT molecular complexity index is 323. The van der Waals surface area contributed by atoms with E-state index in [1.165, 1.54) is 19.3 Å². The first-order valence-electron chi connectivity index (χ1n) is 5.29. The van der Waals surface area contributed by atoms with Crippen LogP contribution in [0, 0.1) is 6.92 Å². The fourth-order valence-electron chi connectivity index (χ4n) is 2.35. The molecule has 1 aliphatic rings. The van der Waals surface area contributed by atoms with E-state index in [0.29, 0.717) is 0 Å². The van der Waals surface area contributed by atoms with E-state index >= 15 is 0 Å². The molecule has 1 fully saturated rings. The largest absolute Gasteiger partial charge is 0.319 e. The summed E-state index contributed by atoms with van der Waals surface area (Å²) in [5.74, 6) is 1.77. The molecule has 78 valence electrons. The summed E-state index contributed by atoms with van der Waals surface area (Å²) in [7, 11) is 1.93. The summed E-state index contributed by atoms with van der Waals surface area (Å²) in [6, 6.07) is 0. The van der Waals surface area contributed by atoms with Gasteiger partial charge in [-0.25, -0.2) is 4.98 Å². The topological polar surface area (TPSA) is 56.7 Å². The van der Waals surface area contributed by atoms with Gasteiger partial charge in [-0.3, -0.25) is 4.68 Å². The quantitative estimate of drug-likeness (QED) is 0.731. The average Bonchev–Trinajstić information content (AvgIpc) is 2.47. The van der Waals surface area contributed by atoms with Crippen molar-refractivity contribution in [3.05, 3.63) is 11.6 Å². The monoisotopic (exact) mass is 194 g/mol. The molecule has 2 rings (SSSR count). The van der Waals surface area contributed by atoms with Gasteiger partial charge in [0.25, 0.3) is 0 Å². The highest BCUT2D eigenvalue weighted by molar-refractivity contribution is 5.07. The fraction of sp³-hybridized carbons (Fsp3) is 0.800. The van der Waals surface area contributed by atoms with Crippen LogP contribution in [0.2, 0.25) is 0 Å². The minimum Gasteiger partial charge on any atom is -0.319 e. The first-order chi connectivity index (χ1) is 6.62. The lowest BCUT2D eigenvalue weighted by Gasteiger charge is -2.31. The zero-order valence-corrected chi connectivity index (χ0v) is 8.95. The third-order valence-electron chi connectivity index (χ3n) is 3.06. The maximum absolute atomic E-state index is 6.37. The lowest BCUT2D eigenvalue weighted by molar-refractivity contribution is 0.278. The van der Waals surface area contributed by atoms with E-state index < -0.39 is 0 Å². The first kappa shape index (κ1) is 9.65. The van der Waals surface area contributed by atoms with Crippen LogP contribution in [0.3, 0.4) is 0 Å².